The van der Waals surface area contributed by atoms with Crippen molar-refractivity contribution in [2.24, 2.45) is 0 Å². The van der Waals surface area contributed by atoms with Gasteiger partial charge in [0.15, 0.2) is 9.84 Å². The first-order valence-electron chi connectivity index (χ1n) is 7.91. The molecule has 11 heteroatoms. The van der Waals surface area contributed by atoms with E-state index in [0.29, 0.717) is 11.6 Å². The number of carbonyl (C=O) groups excluding carboxylic acids is 1. The van der Waals surface area contributed by atoms with Crippen molar-refractivity contribution in [3.05, 3.63) is 24.3 Å². The lowest BCUT2D eigenvalue weighted by Crippen LogP contribution is -2.38. The summed E-state index contributed by atoms with van der Waals surface area (Å²) < 4.78 is 29.8. The van der Waals surface area contributed by atoms with Crippen LogP contribution >= 0.6 is 11.8 Å². The largest absolute Gasteiger partial charge is 0.497 e. The van der Waals surface area contributed by atoms with Gasteiger partial charge in [-0.05, 0) is 41.1 Å². The number of hydrogen-bond acceptors (Lipinski definition) is 8. The first kappa shape index (κ1) is 18.6. The summed E-state index contributed by atoms with van der Waals surface area (Å²) in [7, 11) is 0.200. The zero-order valence-corrected chi connectivity index (χ0v) is 16.0. The van der Waals surface area contributed by atoms with E-state index in [1.165, 1.54) is 21.3 Å². The minimum atomic E-state index is -3.03. The number of amides is 1. The Labute approximate surface area is 155 Å². The summed E-state index contributed by atoms with van der Waals surface area (Å²) in [5.74, 6) is 0.867. The van der Waals surface area contributed by atoms with Crippen molar-refractivity contribution >= 4 is 27.5 Å². The van der Waals surface area contributed by atoms with Crippen molar-refractivity contribution in [2.75, 3.05) is 31.4 Å². The van der Waals surface area contributed by atoms with Gasteiger partial charge in [-0.15, -0.1) is 5.10 Å². The van der Waals surface area contributed by atoms with Gasteiger partial charge in [-0.3, -0.25) is 4.79 Å². The third-order valence-electron chi connectivity index (χ3n) is 4.23. The van der Waals surface area contributed by atoms with Crippen LogP contribution in [0.4, 0.5) is 0 Å². The van der Waals surface area contributed by atoms with Gasteiger partial charge in [-0.25, -0.2) is 8.42 Å². The van der Waals surface area contributed by atoms with Gasteiger partial charge < -0.3 is 9.64 Å². The highest BCUT2D eigenvalue weighted by Crippen LogP contribution is 2.22. The van der Waals surface area contributed by atoms with Crippen LogP contribution in [0.3, 0.4) is 0 Å². The van der Waals surface area contributed by atoms with Crippen LogP contribution < -0.4 is 4.74 Å². The molecule has 0 N–H and O–H groups in total. The Hall–Kier alpha value is -2.14. The molecule has 0 saturated carbocycles. The SMILES string of the molecule is COc1ccc(-n2nnnc2SCC(=O)N(C)[C@H]2CCS(=O)(=O)C2)cc1. The van der Waals surface area contributed by atoms with Gasteiger partial charge in [0.25, 0.3) is 0 Å². The van der Waals surface area contributed by atoms with Crippen molar-refractivity contribution < 1.29 is 17.9 Å². The van der Waals surface area contributed by atoms with E-state index >= 15 is 0 Å². The molecule has 1 aromatic carbocycles. The summed E-state index contributed by atoms with van der Waals surface area (Å²) in [6, 6.07) is 6.97. The molecule has 0 unspecified atom stereocenters. The summed E-state index contributed by atoms with van der Waals surface area (Å²) in [5, 5.41) is 12.1. The second kappa shape index (κ2) is 7.62. The van der Waals surface area contributed by atoms with E-state index in [1.54, 1.807) is 26.3 Å². The summed E-state index contributed by atoms with van der Waals surface area (Å²) in [5.41, 5.74) is 0.751. The number of thioether (sulfide) groups is 1. The number of rotatable bonds is 6. The lowest BCUT2D eigenvalue weighted by Gasteiger charge is -2.23. The first-order valence-corrected chi connectivity index (χ1v) is 10.7. The number of sulfone groups is 1. The van der Waals surface area contributed by atoms with Crippen LogP contribution in [-0.4, -0.2) is 76.9 Å². The van der Waals surface area contributed by atoms with Crippen LogP contribution in [0, 0.1) is 0 Å². The highest BCUT2D eigenvalue weighted by molar-refractivity contribution is 7.99. The molecule has 1 saturated heterocycles. The molecule has 1 atom stereocenters. The summed E-state index contributed by atoms with van der Waals surface area (Å²) in [4.78, 5) is 13.9. The number of aromatic nitrogens is 4. The van der Waals surface area contributed by atoms with Crippen LogP contribution in [-0.2, 0) is 14.6 Å². The molecule has 1 aliphatic rings. The molecule has 1 amide bonds. The Kier molecular flexibility index (Phi) is 5.47. The molecule has 9 nitrogen and oxygen atoms in total. The minimum absolute atomic E-state index is 0.0312. The standard InChI is InChI=1S/C15H19N5O4S2/c1-19(12-7-8-26(22,23)10-12)14(21)9-25-15-16-17-18-20(15)11-3-5-13(24-2)6-4-11/h3-6,12H,7-10H2,1-2H3/t12-/m0/s1. The fraction of sp³-hybridized carbons (Fsp3) is 0.467. The van der Waals surface area contributed by atoms with E-state index in [0.717, 1.165) is 11.4 Å². The molecule has 2 aromatic rings. The van der Waals surface area contributed by atoms with Crippen molar-refractivity contribution in [3.8, 4) is 11.4 Å². The number of hydrogen-bond donors (Lipinski definition) is 0. The topological polar surface area (TPSA) is 107 Å². The average molecular weight is 397 g/mol. The van der Waals surface area contributed by atoms with Crippen LogP contribution in [0.2, 0.25) is 0 Å². The first-order chi connectivity index (χ1) is 12.4. The fourth-order valence-corrected chi connectivity index (χ4v) is 5.26. The Morgan fingerprint density at radius 3 is 2.73 bits per heavy atom. The van der Waals surface area contributed by atoms with E-state index < -0.39 is 9.84 Å². The number of carbonyl (C=O) groups is 1. The summed E-state index contributed by atoms with van der Waals surface area (Å²) >= 11 is 1.21. The highest BCUT2D eigenvalue weighted by atomic mass is 32.2. The van der Waals surface area contributed by atoms with Crippen LogP contribution in [0.25, 0.3) is 5.69 Å². The normalized spacial score (nSPS) is 18.6. The molecular weight excluding hydrogens is 378 g/mol. The lowest BCUT2D eigenvalue weighted by molar-refractivity contribution is -0.128. The maximum absolute atomic E-state index is 12.4. The lowest BCUT2D eigenvalue weighted by atomic mass is 10.2. The Bertz CT molecular complexity index is 882. The number of benzene rings is 1. The van der Waals surface area contributed by atoms with Crippen LogP contribution in [0.15, 0.2) is 29.4 Å². The summed E-state index contributed by atoms with van der Waals surface area (Å²) in [6.07, 6.45) is 0.485. The molecule has 0 aliphatic carbocycles. The third kappa shape index (κ3) is 4.15. The molecule has 0 radical (unpaired) electrons. The van der Waals surface area contributed by atoms with Gasteiger partial charge in [0.2, 0.25) is 11.1 Å². The molecule has 1 aliphatic heterocycles. The van der Waals surface area contributed by atoms with Crippen molar-refractivity contribution in [1.82, 2.24) is 25.1 Å². The number of tetrazole rings is 1. The van der Waals surface area contributed by atoms with Crippen LogP contribution in [0.5, 0.6) is 5.75 Å². The van der Waals surface area contributed by atoms with E-state index in [4.69, 9.17) is 4.74 Å². The van der Waals surface area contributed by atoms with Gasteiger partial charge in [0.1, 0.15) is 5.75 Å². The maximum atomic E-state index is 12.4. The van der Waals surface area contributed by atoms with Crippen molar-refractivity contribution in [2.45, 2.75) is 17.6 Å². The second-order valence-electron chi connectivity index (χ2n) is 5.92. The number of ether oxygens (including phenoxy) is 1. The Balaban J connectivity index is 1.63. The zero-order valence-electron chi connectivity index (χ0n) is 14.4. The van der Waals surface area contributed by atoms with Gasteiger partial charge in [-0.1, -0.05) is 11.8 Å². The van der Waals surface area contributed by atoms with E-state index in [9.17, 15) is 13.2 Å². The van der Waals surface area contributed by atoms with Gasteiger partial charge >= 0.3 is 0 Å². The molecular formula is C15H19N5O4S2. The second-order valence-corrected chi connectivity index (χ2v) is 9.09. The Morgan fingerprint density at radius 2 is 2.12 bits per heavy atom. The predicted octanol–water partition coefficient (Wildman–Crippen LogP) is 0.409. The van der Waals surface area contributed by atoms with Gasteiger partial charge in [0, 0.05) is 13.1 Å². The van der Waals surface area contributed by atoms with Gasteiger partial charge in [0.05, 0.1) is 30.1 Å². The average Bonchev–Trinajstić information content (AvgIpc) is 3.25. The zero-order chi connectivity index (χ0) is 18.7. The third-order valence-corrected chi connectivity index (χ3v) is 6.89. The predicted molar refractivity (Wildman–Crippen MR) is 96.3 cm³/mol. The molecule has 3 rings (SSSR count). The van der Waals surface area contributed by atoms with E-state index in [-0.39, 0.29) is 29.2 Å². The van der Waals surface area contributed by atoms with Crippen molar-refractivity contribution in [1.29, 1.82) is 0 Å². The smallest absolute Gasteiger partial charge is 0.233 e. The van der Waals surface area contributed by atoms with Crippen molar-refractivity contribution in [3.63, 3.8) is 0 Å². The monoisotopic (exact) mass is 397 g/mol. The molecule has 1 aromatic heterocycles. The van der Waals surface area contributed by atoms with Gasteiger partial charge in [-0.2, -0.15) is 4.68 Å². The molecule has 26 heavy (non-hydrogen) atoms. The maximum Gasteiger partial charge on any atom is 0.233 e. The quantitative estimate of drug-likeness (QED) is 0.645. The highest BCUT2D eigenvalue weighted by Gasteiger charge is 2.32. The minimum Gasteiger partial charge on any atom is -0.497 e. The van der Waals surface area contributed by atoms with E-state index in [2.05, 4.69) is 15.5 Å². The fourth-order valence-electron chi connectivity index (χ4n) is 2.67. The molecule has 0 spiro atoms. The molecule has 0 bridgehead atoms. The number of nitrogens with zero attached hydrogens (tertiary/aromatic N) is 5. The summed E-state index contributed by atoms with van der Waals surface area (Å²) in [6.45, 7) is 0. The molecule has 2 heterocycles. The Morgan fingerprint density at radius 1 is 1.38 bits per heavy atom. The number of methoxy groups -OCH3 is 1. The molecule has 140 valence electrons. The van der Waals surface area contributed by atoms with E-state index in [1.807, 2.05) is 12.1 Å². The molecule has 1 fully saturated rings. The van der Waals surface area contributed by atoms with Crippen LogP contribution in [0.1, 0.15) is 6.42 Å².